The van der Waals surface area contributed by atoms with Crippen LogP contribution in [0.3, 0.4) is 0 Å². The fraction of sp³-hybridized carbons (Fsp3) is 0.133. The second kappa shape index (κ2) is 7.36. The van der Waals surface area contributed by atoms with Crippen LogP contribution >= 0.6 is 0 Å². The van der Waals surface area contributed by atoms with E-state index in [1.807, 2.05) is 0 Å². The largest absolute Gasteiger partial charge is 0.497 e. The van der Waals surface area contributed by atoms with Gasteiger partial charge in [0.05, 0.1) is 12.0 Å². The highest BCUT2D eigenvalue weighted by Crippen LogP contribution is 2.25. The van der Waals surface area contributed by atoms with Gasteiger partial charge in [0.15, 0.2) is 0 Å². The molecule has 0 heterocycles. The van der Waals surface area contributed by atoms with Gasteiger partial charge in [-0.1, -0.05) is 0 Å². The van der Waals surface area contributed by atoms with Crippen LogP contribution in [0.5, 0.6) is 11.5 Å². The molecule has 0 aliphatic heterocycles. The van der Waals surface area contributed by atoms with E-state index in [1.54, 1.807) is 0 Å². The molecule has 0 aliphatic rings. The van der Waals surface area contributed by atoms with Crippen LogP contribution in [0.25, 0.3) is 0 Å². The van der Waals surface area contributed by atoms with Crippen LogP contribution in [-0.4, -0.2) is 24.6 Å². The second-order valence-electron chi connectivity index (χ2n) is 4.50. The molecule has 0 fully saturated rings. The van der Waals surface area contributed by atoms with Crippen molar-refractivity contribution in [1.82, 2.24) is 0 Å². The van der Waals surface area contributed by atoms with Crippen LogP contribution < -0.4 is 14.8 Å². The Bertz CT molecular complexity index is 750. The second-order valence-corrected chi connectivity index (χ2v) is 4.50. The third kappa shape index (κ3) is 4.15. The number of nitro groups is 1. The van der Waals surface area contributed by atoms with Gasteiger partial charge in [-0.05, 0) is 36.4 Å². The topological polar surface area (TPSA) is 90.7 Å². The van der Waals surface area contributed by atoms with Gasteiger partial charge in [0.25, 0.3) is 11.6 Å². The number of alkyl halides is 2. The summed E-state index contributed by atoms with van der Waals surface area (Å²) in [5.74, 6) is -0.523. The van der Waals surface area contributed by atoms with E-state index in [0.717, 1.165) is 6.07 Å². The molecule has 0 atom stereocenters. The highest BCUT2D eigenvalue weighted by atomic mass is 19.3. The van der Waals surface area contributed by atoms with Gasteiger partial charge in [-0.2, -0.15) is 8.78 Å². The van der Waals surface area contributed by atoms with Crippen LogP contribution in [0.4, 0.5) is 20.2 Å². The van der Waals surface area contributed by atoms with Crippen molar-refractivity contribution in [2.45, 2.75) is 6.61 Å². The minimum atomic E-state index is -2.95. The number of ether oxygens (including phenoxy) is 2. The average Bonchev–Trinajstić information content (AvgIpc) is 2.55. The summed E-state index contributed by atoms with van der Waals surface area (Å²) in [5, 5.41) is 13.5. The van der Waals surface area contributed by atoms with Crippen LogP contribution in [0, 0.1) is 10.1 Å². The molecule has 2 aromatic rings. The number of benzene rings is 2. The molecule has 0 saturated heterocycles. The highest BCUT2D eigenvalue weighted by molar-refractivity contribution is 6.07. The van der Waals surface area contributed by atoms with Gasteiger partial charge in [-0.15, -0.1) is 0 Å². The molecule has 24 heavy (non-hydrogen) atoms. The SMILES string of the molecule is COc1ccc([N+](=O)[O-])c(C(=O)Nc2ccc(OC(F)F)cc2)c1. The summed E-state index contributed by atoms with van der Waals surface area (Å²) in [6, 6.07) is 8.91. The Morgan fingerprint density at radius 1 is 1.17 bits per heavy atom. The summed E-state index contributed by atoms with van der Waals surface area (Å²) in [7, 11) is 1.37. The molecular weight excluding hydrogens is 326 g/mol. The van der Waals surface area contributed by atoms with Crippen molar-refractivity contribution in [2.24, 2.45) is 0 Å². The highest BCUT2D eigenvalue weighted by Gasteiger charge is 2.21. The molecule has 0 aliphatic carbocycles. The lowest BCUT2D eigenvalue weighted by Gasteiger charge is -2.09. The van der Waals surface area contributed by atoms with E-state index in [1.165, 1.54) is 43.5 Å². The van der Waals surface area contributed by atoms with Gasteiger partial charge in [0.1, 0.15) is 17.1 Å². The predicted octanol–water partition coefficient (Wildman–Crippen LogP) is 3.46. The van der Waals surface area contributed by atoms with E-state index in [4.69, 9.17) is 4.74 Å². The fourth-order valence-electron chi connectivity index (χ4n) is 1.90. The van der Waals surface area contributed by atoms with E-state index in [9.17, 15) is 23.7 Å². The van der Waals surface area contributed by atoms with Gasteiger partial charge >= 0.3 is 6.61 Å². The Hall–Kier alpha value is -3.23. The molecule has 0 saturated carbocycles. The summed E-state index contributed by atoms with van der Waals surface area (Å²) >= 11 is 0. The van der Waals surface area contributed by atoms with Crippen molar-refractivity contribution in [3.05, 3.63) is 58.1 Å². The maximum absolute atomic E-state index is 12.2. The smallest absolute Gasteiger partial charge is 0.387 e. The third-order valence-electron chi connectivity index (χ3n) is 2.98. The molecule has 2 aromatic carbocycles. The zero-order valence-corrected chi connectivity index (χ0v) is 12.4. The molecule has 7 nitrogen and oxygen atoms in total. The normalized spacial score (nSPS) is 10.3. The summed E-state index contributed by atoms with van der Waals surface area (Å²) in [4.78, 5) is 22.6. The molecule has 1 amide bonds. The van der Waals surface area contributed by atoms with Crippen LogP contribution in [0.15, 0.2) is 42.5 Å². The van der Waals surface area contributed by atoms with Crippen molar-refractivity contribution in [1.29, 1.82) is 0 Å². The first-order valence-corrected chi connectivity index (χ1v) is 6.59. The molecule has 0 unspecified atom stereocenters. The lowest BCUT2D eigenvalue weighted by molar-refractivity contribution is -0.385. The molecule has 0 aromatic heterocycles. The van der Waals surface area contributed by atoms with Crippen molar-refractivity contribution < 1.29 is 28.0 Å². The average molecular weight is 338 g/mol. The molecule has 0 bridgehead atoms. The lowest BCUT2D eigenvalue weighted by Crippen LogP contribution is -2.14. The number of nitrogens with one attached hydrogen (secondary N) is 1. The summed E-state index contributed by atoms with van der Waals surface area (Å²) in [6.45, 7) is -2.95. The van der Waals surface area contributed by atoms with Gasteiger partial charge in [-0.25, -0.2) is 0 Å². The standard InChI is InChI=1S/C15H12F2N2O5/c1-23-11-6-7-13(19(21)22)12(8-11)14(20)18-9-2-4-10(5-3-9)24-15(16)17/h2-8,15H,1H3,(H,18,20). The van der Waals surface area contributed by atoms with Gasteiger partial charge in [0, 0.05) is 11.8 Å². The van der Waals surface area contributed by atoms with Crippen molar-refractivity contribution in [3.8, 4) is 11.5 Å². The molecule has 0 radical (unpaired) electrons. The van der Waals surface area contributed by atoms with Crippen LogP contribution in [0.2, 0.25) is 0 Å². The number of anilines is 1. The van der Waals surface area contributed by atoms with E-state index >= 15 is 0 Å². The number of nitrogens with zero attached hydrogens (tertiary/aromatic N) is 1. The molecule has 9 heteroatoms. The number of hydrogen-bond acceptors (Lipinski definition) is 5. The number of halogens is 2. The number of nitro benzene ring substituents is 1. The molecule has 1 N–H and O–H groups in total. The Kier molecular flexibility index (Phi) is 5.25. The predicted molar refractivity (Wildman–Crippen MR) is 80.7 cm³/mol. The van der Waals surface area contributed by atoms with Crippen LogP contribution in [-0.2, 0) is 0 Å². The summed E-state index contributed by atoms with van der Waals surface area (Å²) < 4.78 is 33.3. The molecule has 126 valence electrons. The number of carbonyl (C=O) groups is 1. The molecular formula is C15H12F2N2O5. The van der Waals surface area contributed by atoms with Crippen LogP contribution in [0.1, 0.15) is 10.4 Å². The monoisotopic (exact) mass is 338 g/mol. The maximum atomic E-state index is 12.2. The summed E-state index contributed by atoms with van der Waals surface area (Å²) in [6.07, 6.45) is 0. The van der Waals surface area contributed by atoms with Gasteiger partial charge in [0.2, 0.25) is 0 Å². The van der Waals surface area contributed by atoms with Gasteiger partial charge in [-0.3, -0.25) is 14.9 Å². The number of amides is 1. The Morgan fingerprint density at radius 3 is 2.33 bits per heavy atom. The molecule has 2 rings (SSSR count). The fourth-order valence-corrected chi connectivity index (χ4v) is 1.90. The zero-order valence-electron chi connectivity index (χ0n) is 12.4. The number of rotatable bonds is 6. The first kappa shape index (κ1) is 17.1. The lowest BCUT2D eigenvalue weighted by atomic mass is 10.1. The number of hydrogen-bond donors (Lipinski definition) is 1. The number of methoxy groups -OCH3 is 1. The third-order valence-corrected chi connectivity index (χ3v) is 2.98. The number of carbonyl (C=O) groups excluding carboxylic acids is 1. The minimum Gasteiger partial charge on any atom is -0.497 e. The van der Waals surface area contributed by atoms with E-state index in [2.05, 4.69) is 10.1 Å². The Labute approximate surface area is 135 Å². The van der Waals surface area contributed by atoms with E-state index < -0.39 is 17.4 Å². The summed E-state index contributed by atoms with van der Waals surface area (Å²) in [5.41, 5.74) is -0.308. The van der Waals surface area contributed by atoms with Crippen molar-refractivity contribution in [3.63, 3.8) is 0 Å². The van der Waals surface area contributed by atoms with Crippen molar-refractivity contribution in [2.75, 3.05) is 12.4 Å². The quantitative estimate of drug-likeness (QED) is 0.643. The molecule has 0 spiro atoms. The maximum Gasteiger partial charge on any atom is 0.387 e. The van der Waals surface area contributed by atoms with E-state index in [-0.39, 0.29) is 28.4 Å². The zero-order chi connectivity index (χ0) is 17.7. The minimum absolute atomic E-state index is 0.0737. The first-order valence-electron chi connectivity index (χ1n) is 6.59. The first-order chi connectivity index (χ1) is 11.4. The Morgan fingerprint density at radius 2 is 1.79 bits per heavy atom. The van der Waals surface area contributed by atoms with E-state index in [0.29, 0.717) is 0 Å². The Balaban J connectivity index is 2.21. The van der Waals surface area contributed by atoms with Gasteiger partial charge < -0.3 is 14.8 Å². The van der Waals surface area contributed by atoms with Crippen molar-refractivity contribution >= 4 is 17.3 Å².